The lowest BCUT2D eigenvalue weighted by atomic mass is 9.96. The van der Waals surface area contributed by atoms with E-state index in [-0.39, 0.29) is 6.04 Å². The molecule has 2 aliphatic rings. The van der Waals surface area contributed by atoms with Crippen LogP contribution in [-0.4, -0.2) is 40.5 Å². The van der Waals surface area contributed by atoms with Gasteiger partial charge in [0, 0.05) is 31.3 Å². The van der Waals surface area contributed by atoms with Crippen molar-refractivity contribution in [3.63, 3.8) is 0 Å². The van der Waals surface area contributed by atoms with E-state index in [2.05, 4.69) is 16.1 Å². The van der Waals surface area contributed by atoms with Gasteiger partial charge < -0.3 is 10.2 Å². The summed E-state index contributed by atoms with van der Waals surface area (Å²) in [6.07, 6.45) is 4.87. The van der Waals surface area contributed by atoms with Crippen LogP contribution in [0.3, 0.4) is 0 Å². The molecule has 0 bridgehead atoms. The van der Waals surface area contributed by atoms with E-state index in [1.807, 2.05) is 12.1 Å². The molecular formula is C16H25N3O3S. The summed E-state index contributed by atoms with van der Waals surface area (Å²) in [5.74, 6) is 0.520. The highest BCUT2D eigenvalue weighted by atomic mass is 32.2. The molecule has 1 aromatic carbocycles. The molecule has 1 aromatic rings. The molecule has 2 saturated heterocycles. The van der Waals surface area contributed by atoms with Gasteiger partial charge in [-0.3, -0.25) is 5.32 Å². The van der Waals surface area contributed by atoms with Gasteiger partial charge >= 0.3 is 0 Å². The zero-order valence-electron chi connectivity index (χ0n) is 13.4. The van der Waals surface area contributed by atoms with Gasteiger partial charge in [0.25, 0.3) is 0 Å². The largest absolute Gasteiger partial charge is 0.301 e. The summed E-state index contributed by atoms with van der Waals surface area (Å²) >= 11 is 0. The Balaban J connectivity index is 1.57. The Morgan fingerprint density at radius 3 is 2.70 bits per heavy atom. The molecule has 0 saturated carbocycles. The molecule has 0 spiro atoms. The molecule has 6 nitrogen and oxygen atoms in total. The van der Waals surface area contributed by atoms with Crippen LogP contribution in [0.15, 0.2) is 29.2 Å². The Hall–Kier alpha value is -0.990. The Kier molecular flexibility index (Phi) is 5.33. The topological polar surface area (TPSA) is 79.5 Å². The average Bonchev–Trinajstić information content (AvgIpc) is 3.06. The van der Waals surface area contributed by atoms with Crippen molar-refractivity contribution >= 4 is 9.84 Å². The van der Waals surface area contributed by atoms with Crippen LogP contribution in [0.4, 0.5) is 0 Å². The van der Waals surface area contributed by atoms with E-state index in [9.17, 15) is 8.42 Å². The van der Waals surface area contributed by atoms with Gasteiger partial charge in [-0.05, 0) is 37.0 Å². The van der Waals surface area contributed by atoms with Crippen molar-refractivity contribution < 1.29 is 13.3 Å². The summed E-state index contributed by atoms with van der Waals surface area (Å²) in [4.78, 5) is 5.54. The van der Waals surface area contributed by atoms with Gasteiger partial charge in [-0.25, -0.2) is 13.9 Å². The van der Waals surface area contributed by atoms with E-state index in [1.165, 1.54) is 6.26 Å². The normalized spacial score (nSPS) is 28.8. The molecule has 128 valence electrons. The molecule has 3 N–H and O–H groups in total. The monoisotopic (exact) mass is 339 g/mol. The fourth-order valence-electron chi connectivity index (χ4n) is 3.16. The van der Waals surface area contributed by atoms with Crippen LogP contribution in [0, 0.1) is 5.92 Å². The highest BCUT2D eigenvalue weighted by Gasteiger charge is 2.24. The highest BCUT2D eigenvalue weighted by Crippen LogP contribution is 2.26. The van der Waals surface area contributed by atoms with Crippen LogP contribution in [0.5, 0.6) is 0 Å². The first-order chi connectivity index (χ1) is 11.0. The molecule has 0 aliphatic carbocycles. The third kappa shape index (κ3) is 4.51. The zero-order valence-corrected chi connectivity index (χ0v) is 14.2. The van der Waals surface area contributed by atoms with Crippen LogP contribution in [0.1, 0.15) is 30.9 Å². The molecule has 7 heteroatoms. The lowest BCUT2D eigenvalue weighted by Crippen LogP contribution is -2.48. The number of rotatable bonds is 5. The first-order valence-corrected chi connectivity index (χ1v) is 10.1. The van der Waals surface area contributed by atoms with Crippen molar-refractivity contribution in [2.75, 3.05) is 26.0 Å². The predicted octanol–water partition coefficient (Wildman–Crippen LogP) is 0.971. The molecular weight excluding hydrogens is 314 g/mol. The van der Waals surface area contributed by atoms with Gasteiger partial charge in [0.1, 0.15) is 0 Å². The summed E-state index contributed by atoms with van der Waals surface area (Å²) in [5, 5.41) is 7.20. The zero-order chi connectivity index (χ0) is 16.3. The first-order valence-electron chi connectivity index (χ1n) is 8.16. The fourth-order valence-corrected chi connectivity index (χ4v) is 3.79. The van der Waals surface area contributed by atoms with Gasteiger partial charge in [-0.15, -0.1) is 0 Å². The summed E-state index contributed by atoms with van der Waals surface area (Å²) in [5.41, 5.74) is 4.05. The number of sulfone groups is 1. The van der Waals surface area contributed by atoms with E-state index < -0.39 is 9.84 Å². The number of nitrogens with one attached hydrogen (secondary N) is 3. The Morgan fingerprint density at radius 1 is 1.26 bits per heavy atom. The second kappa shape index (κ2) is 7.27. The quantitative estimate of drug-likeness (QED) is 0.742. The molecule has 2 heterocycles. The lowest BCUT2D eigenvalue weighted by molar-refractivity contribution is 0.0965. The standard InChI is InChI=1S/C16H25N3O3S/c1-23(20,21)14-7-5-13(6-8-14)15-3-2-4-16(19-15)17-9-12-10-18-22-11-12/h5-8,12,15-19H,2-4,9-11H2,1H3. The van der Waals surface area contributed by atoms with Gasteiger partial charge in [-0.1, -0.05) is 12.1 Å². The van der Waals surface area contributed by atoms with Gasteiger partial charge in [-0.2, -0.15) is 0 Å². The molecule has 2 aliphatic heterocycles. The number of hydrogen-bond donors (Lipinski definition) is 3. The van der Waals surface area contributed by atoms with Crippen molar-refractivity contribution in [1.29, 1.82) is 0 Å². The van der Waals surface area contributed by atoms with Crippen molar-refractivity contribution in [3.8, 4) is 0 Å². The SMILES string of the molecule is CS(=O)(=O)c1ccc(C2CCCC(NCC3CNOC3)N2)cc1. The lowest BCUT2D eigenvalue weighted by Gasteiger charge is -2.32. The fraction of sp³-hybridized carbons (Fsp3) is 0.625. The molecule has 3 atom stereocenters. The molecule has 0 radical (unpaired) electrons. The molecule has 3 unspecified atom stereocenters. The molecule has 0 aromatic heterocycles. The van der Waals surface area contributed by atoms with Crippen LogP contribution in [0.25, 0.3) is 0 Å². The number of benzene rings is 1. The predicted molar refractivity (Wildman–Crippen MR) is 88.5 cm³/mol. The minimum Gasteiger partial charge on any atom is -0.301 e. The second-order valence-electron chi connectivity index (χ2n) is 6.48. The number of hydroxylamine groups is 1. The maximum absolute atomic E-state index is 11.5. The van der Waals surface area contributed by atoms with Gasteiger partial charge in [0.2, 0.25) is 0 Å². The Labute approximate surface area is 137 Å². The van der Waals surface area contributed by atoms with E-state index in [0.29, 0.717) is 17.0 Å². The summed E-state index contributed by atoms with van der Waals surface area (Å²) in [6.45, 7) is 2.59. The van der Waals surface area contributed by atoms with Gasteiger partial charge in [0.05, 0.1) is 17.7 Å². The third-order valence-electron chi connectivity index (χ3n) is 4.54. The van der Waals surface area contributed by atoms with Crippen LogP contribution >= 0.6 is 0 Å². The van der Waals surface area contributed by atoms with Crippen molar-refractivity contribution in [1.82, 2.24) is 16.1 Å². The maximum atomic E-state index is 11.5. The van der Waals surface area contributed by atoms with Crippen molar-refractivity contribution in [2.24, 2.45) is 5.92 Å². The van der Waals surface area contributed by atoms with Crippen molar-refractivity contribution in [2.45, 2.75) is 36.4 Å². The summed E-state index contributed by atoms with van der Waals surface area (Å²) in [7, 11) is -3.13. The van der Waals surface area contributed by atoms with Crippen LogP contribution in [-0.2, 0) is 14.7 Å². The second-order valence-corrected chi connectivity index (χ2v) is 8.49. The maximum Gasteiger partial charge on any atom is 0.175 e. The molecule has 3 rings (SSSR count). The average molecular weight is 339 g/mol. The van der Waals surface area contributed by atoms with E-state index in [1.54, 1.807) is 12.1 Å². The minimum atomic E-state index is -3.13. The van der Waals surface area contributed by atoms with Gasteiger partial charge in [0.15, 0.2) is 9.84 Å². The molecule has 2 fully saturated rings. The Bertz CT molecular complexity index is 612. The molecule has 23 heavy (non-hydrogen) atoms. The highest BCUT2D eigenvalue weighted by molar-refractivity contribution is 7.90. The summed E-state index contributed by atoms with van der Waals surface area (Å²) in [6, 6.07) is 7.51. The Morgan fingerprint density at radius 2 is 2.04 bits per heavy atom. The van der Waals surface area contributed by atoms with E-state index >= 15 is 0 Å². The van der Waals surface area contributed by atoms with E-state index in [0.717, 1.165) is 44.5 Å². The molecule has 0 amide bonds. The summed E-state index contributed by atoms with van der Waals surface area (Å²) < 4.78 is 23.1. The van der Waals surface area contributed by atoms with E-state index in [4.69, 9.17) is 4.84 Å². The first kappa shape index (κ1) is 16.9. The van der Waals surface area contributed by atoms with Crippen LogP contribution in [0.2, 0.25) is 0 Å². The third-order valence-corrected chi connectivity index (χ3v) is 5.67. The van der Waals surface area contributed by atoms with Crippen molar-refractivity contribution in [3.05, 3.63) is 29.8 Å². The minimum absolute atomic E-state index is 0.271. The number of piperidine rings is 1. The number of hydrogen-bond acceptors (Lipinski definition) is 6. The van der Waals surface area contributed by atoms with Crippen LogP contribution < -0.4 is 16.1 Å². The smallest absolute Gasteiger partial charge is 0.175 e.